The molecule has 0 atom stereocenters. The monoisotopic (exact) mass is 413 g/mol. The van der Waals surface area contributed by atoms with Crippen LogP contribution in [0.2, 0.25) is 5.02 Å². The number of ether oxygens (including phenoxy) is 1. The summed E-state index contributed by atoms with van der Waals surface area (Å²) in [6.45, 7) is -0.141. The summed E-state index contributed by atoms with van der Waals surface area (Å²) in [5.41, 5.74) is 0.787. The lowest BCUT2D eigenvalue weighted by atomic mass is 9.53. The normalized spacial score (nSPS) is 29.6. The van der Waals surface area contributed by atoms with Crippen molar-refractivity contribution in [2.45, 2.75) is 44.1 Å². The lowest BCUT2D eigenvalue weighted by Gasteiger charge is -2.56. The molecule has 1 heterocycles. The van der Waals surface area contributed by atoms with Crippen LogP contribution in [0.5, 0.6) is 5.88 Å². The summed E-state index contributed by atoms with van der Waals surface area (Å²) in [7, 11) is 0. The summed E-state index contributed by atoms with van der Waals surface area (Å²) in [4.78, 5) is 31.1. The van der Waals surface area contributed by atoms with Crippen molar-refractivity contribution in [2.75, 3.05) is 6.61 Å². The van der Waals surface area contributed by atoms with E-state index in [1.54, 1.807) is 30.3 Å². The first-order valence-corrected chi connectivity index (χ1v) is 10.7. The molecule has 4 fully saturated rings. The number of carbonyl (C=O) groups is 1. The highest BCUT2D eigenvalue weighted by Crippen LogP contribution is 2.55. The molecule has 0 aliphatic heterocycles. The predicted octanol–water partition coefficient (Wildman–Crippen LogP) is 3.55. The molecule has 6 nitrogen and oxygen atoms in total. The van der Waals surface area contributed by atoms with Crippen LogP contribution in [0.4, 0.5) is 0 Å². The minimum Gasteiger partial charge on any atom is -0.467 e. The van der Waals surface area contributed by atoms with Crippen LogP contribution >= 0.6 is 11.6 Å². The summed E-state index contributed by atoms with van der Waals surface area (Å²) >= 11 is 5.92. The third-order valence-corrected chi connectivity index (χ3v) is 6.92. The predicted molar refractivity (Wildman–Crippen MR) is 110 cm³/mol. The van der Waals surface area contributed by atoms with Gasteiger partial charge in [0, 0.05) is 16.6 Å². The highest BCUT2D eigenvalue weighted by molar-refractivity contribution is 6.30. The number of aromatic amines is 1. The fourth-order valence-electron chi connectivity index (χ4n) is 6.03. The molecule has 152 valence electrons. The van der Waals surface area contributed by atoms with Crippen molar-refractivity contribution >= 4 is 17.5 Å². The van der Waals surface area contributed by atoms with E-state index < -0.39 is 5.69 Å². The Hall–Kier alpha value is -2.34. The number of hydrogen-bond donors (Lipinski definition) is 2. The van der Waals surface area contributed by atoms with E-state index in [9.17, 15) is 9.59 Å². The Balaban J connectivity index is 1.25. The van der Waals surface area contributed by atoms with Gasteiger partial charge in [0.15, 0.2) is 6.61 Å². The number of hydrogen-bond acceptors (Lipinski definition) is 4. The number of benzene rings is 1. The lowest BCUT2D eigenvalue weighted by Crippen LogP contribution is -2.60. The molecule has 0 spiro atoms. The van der Waals surface area contributed by atoms with E-state index >= 15 is 0 Å². The Morgan fingerprint density at radius 3 is 2.38 bits per heavy atom. The van der Waals surface area contributed by atoms with Gasteiger partial charge in [-0.2, -0.15) is 4.98 Å². The van der Waals surface area contributed by atoms with Crippen LogP contribution < -0.4 is 15.7 Å². The quantitative estimate of drug-likeness (QED) is 0.785. The Morgan fingerprint density at radius 2 is 1.76 bits per heavy atom. The Labute approximate surface area is 174 Å². The number of halogens is 1. The molecule has 4 saturated carbocycles. The Kier molecular flexibility index (Phi) is 4.62. The van der Waals surface area contributed by atoms with Gasteiger partial charge in [-0.05, 0) is 74.0 Å². The highest BCUT2D eigenvalue weighted by atomic mass is 35.5. The lowest BCUT2D eigenvalue weighted by molar-refractivity contribution is -0.128. The number of nitrogens with zero attached hydrogens (tertiary/aromatic N) is 1. The van der Waals surface area contributed by atoms with Crippen LogP contribution in [0.25, 0.3) is 11.3 Å². The second-order valence-electron chi connectivity index (χ2n) is 8.98. The van der Waals surface area contributed by atoms with E-state index in [1.807, 2.05) is 0 Å². The number of H-pyrrole nitrogens is 1. The molecular formula is C22H24ClN3O3. The van der Waals surface area contributed by atoms with Crippen LogP contribution in [-0.2, 0) is 4.79 Å². The molecule has 29 heavy (non-hydrogen) atoms. The minimum atomic E-state index is -0.519. The molecular weight excluding hydrogens is 390 g/mol. The fraction of sp³-hybridized carbons (Fsp3) is 0.500. The summed E-state index contributed by atoms with van der Waals surface area (Å²) < 4.78 is 5.58. The van der Waals surface area contributed by atoms with E-state index in [4.69, 9.17) is 16.3 Å². The molecule has 0 saturated heterocycles. The maximum atomic E-state index is 12.6. The summed E-state index contributed by atoms with van der Waals surface area (Å²) in [6, 6.07) is 8.72. The maximum absolute atomic E-state index is 12.6. The van der Waals surface area contributed by atoms with Crippen LogP contribution in [0, 0.1) is 17.8 Å². The van der Waals surface area contributed by atoms with E-state index in [1.165, 1.54) is 19.3 Å². The van der Waals surface area contributed by atoms with Crippen molar-refractivity contribution in [3.63, 3.8) is 0 Å². The first kappa shape index (κ1) is 18.7. The van der Waals surface area contributed by atoms with Gasteiger partial charge >= 0.3 is 5.69 Å². The van der Waals surface area contributed by atoms with Gasteiger partial charge in [-0.1, -0.05) is 23.7 Å². The number of aromatic nitrogens is 2. The first-order chi connectivity index (χ1) is 14.0. The van der Waals surface area contributed by atoms with Gasteiger partial charge in [0.1, 0.15) is 0 Å². The van der Waals surface area contributed by atoms with Crippen molar-refractivity contribution in [2.24, 2.45) is 17.8 Å². The maximum Gasteiger partial charge on any atom is 0.348 e. The summed E-state index contributed by atoms with van der Waals surface area (Å²) in [6.07, 6.45) is 7.26. The molecule has 0 unspecified atom stereocenters. The molecule has 7 heteroatoms. The first-order valence-electron chi connectivity index (χ1n) is 10.3. The molecule has 1 amide bonds. The molecule has 4 aliphatic rings. The summed E-state index contributed by atoms with van der Waals surface area (Å²) in [5, 5.41) is 3.88. The molecule has 4 bridgehead atoms. The van der Waals surface area contributed by atoms with E-state index in [0.29, 0.717) is 10.7 Å². The van der Waals surface area contributed by atoms with Gasteiger partial charge in [0.05, 0.1) is 5.69 Å². The second kappa shape index (κ2) is 7.17. The van der Waals surface area contributed by atoms with E-state index in [0.717, 1.165) is 42.6 Å². The summed E-state index contributed by atoms with van der Waals surface area (Å²) in [5.74, 6) is 2.29. The SMILES string of the molecule is O=C(COc1cc(-c2ccc(Cl)cc2)[nH]c(=O)n1)NC12CC3CC(CC(C3)C1)C2. The van der Waals surface area contributed by atoms with Crippen LogP contribution in [0.15, 0.2) is 35.1 Å². The standard InChI is InChI=1S/C22H24ClN3O3/c23-17-3-1-16(2-4-17)18-8-20(25-21(28)24-18)29-12-19(27)26-22-9-13-5-14(10-22)7-15(6-13)11-22/h1-4,8,13-15H,5-7,9-12H2,(H,26,27)(H,24,25,28). The number of nitrogens with one attached hydrogen (secondary N) is 2. The van der Waals surface area contributed by atoms with Crippen molar-refractivity contribution in [3.05, 3.63) is 45.8 Å². The van der Waals surface area contributed by atoms with Crippen molar-refractivity contribution in [1.29, 1.82) is 0 Å². The topological polar surface area (TPSA) is 84.1 Å². The van der Waals surface area contributed by atoms with Gasteiger partial charge in [-0.3, -0.25) is 4.79 Å². The molecule has 4 aliphatic carbocycles. The van der Waals surface area contributed by atoms with Gasteiger partial charge in [0.25, 0.3) is 5.91 Å². The molecule has 1 aromatic carbocycles. The van der Waals surface area contributed by atoms with Crippen LogP contribution in [-0.4, -0.2) is 28.0 Å². The molecule has 2 aromatic rings. The minimum absolute atomic E-state index is 0.0503. The molecule has 0 radical (unpaired) electrons. The average molecular weight is 414 g/mol. The van der Waals surface area contributed by atoms with Crippen molar-refractivity contribution in [3.8, 4) is 17.1 Å². The third-order valence-electron chi connectivity index (χ3n) is 6.67. The van der Waals surface area contributed by atoms with Crippen molar-refractivity contribution < 1.29 is 9.53 Å². The zero-order valence-corrected chi connectivity index (χ0v) is 16.9. The van der Waals surface area contributed by atoms with Crippen LogP contribution in [0.3, 0.4) is 0 Å². The van der Waals surface area contributed by atoms with Gasteiger partial charge < -0.3 is 15.0 Å². The fourth-order valence-corrected chi connectivity index (χ4v) is 6.16. The smallest absolute Gasteiger partial charge is 0.348 e. The highest BCUT2D eigenvalue weighted by Gasteiger charge is 2.51. The van der Waals surface area contributed by atoms with E-state index in [-0.39, 0.29) is 23.9 Å². The zero-order valence-electron chi connectivity index (χ0n) is 16.1. The van der Waals surface area contributed by atoms with Gasteiger partial charge in [-0.25, -0.2) is 4.79 Å². The molecule has 6 rings (SSSR count). The Morgan fingerprint density at radius 1 is 1.14 bits per heavy atom. The van der Waals surface area contributed by atoms with Gasteiger partial charge in [-0.15, -0.1) is 0 Å². The van der Waals surface area contributed by atoms with E-state index in [2.05, 4.69) is 15.3 Å². The number of rotatable bonds is 5. The van der Waals surface area contributed by atoms with Gasteiger partial charge in [0.2, 0.25) is 5.88 Å². The average Bonchev–Trinajstić information content (AvgIpc) is 2.65. The molecule has 2 N–H and O–H groups in total. The Bertz CT molecular complexity index is 950. The zero-order chi connectivity index (χ0) is 20.0. The van der Waals surface area contributed by atoms with Crippen LogP contribution in [0.1, 0.15) is 38.5 Å². The third kappa shape index (κ3) is 3.90. The second-order valence-corrected chi connectivity index (χ2v) is 9.42. The molecule has 1 aromatic heterocycles. The largest absolute Gasteiger partial charge is 0.467 e. The van der Waals surface area contributed by atoms with Crippen molar-refractivity contribution in [1.82, 2.24) is 15.3 Å². The number of amides is 1. The number of carbonyl (C=O) groups excluding carboxylic acids is 1.